The van der Waals surface area contributed by atoms with Gasteiger partial charge < -0.3 is 0 Å². The number of pyridine rings is 1. The molecule has 21 heavy (non-hydrogen) atoms. The average molecular weight is 371 g/mol. The highest BCUT2D eigenvalue weighted by molar-refractivity contribution is 9.09. The maximum Gasteiger partial charge on any atom is 0.241 e. The summed E-state index contributed by atoms with van der Waals surface area (Å²) in [7, 11) is -3.59. The first-order valence-electron chi connectivity index (χ1n) is 6.90. The van der Waals surface area contributed by atoms with Gasteiger partial charge in [0, 0.05) is 34.0 Å². The van der Waals surface area contributed by atoms with Gasteiger partial charge in [-0.25, -0.2) is 13.1 Å². The van der Waals surface area contributed by atoms with Gasteiger partial charge in [-0.3, -0.25) is 4.98 Å². The van der Waals surface area contributed by atoms with Gasteiger partial charge in [-0.2, -0.15) is 0 Å². The minimum absolute atomic E-state index is 0.301. The normalized spacial score (nSPS) is 12.7. The molecule has 0 aliphatic carbocycles. The van der Waals surface area contributed by atoms with Crippen molar-refractivity contribution in [2.24, 2.45) is 0 Å². The molecule has 0 aliphatic rings. The van der Waals surface area contributed by atoms with Crippen molar-refractivity contribution in [3.63, 3.8) is 0 Å². The van der Waals surface area contributed by atoms with Gasteiger partial charge in [-0.15, -0.1) is 0 Å². The first-order chi connectivity index (χ1) is 9.98. The van der Waals surface area contributed by atoms with Gasteiger partial charge in [-0.1, -0.05) is 41.9 Å². The Bertz CT molecular complexity index is 714. The molecule has 1 N–H and O–H groups in total. The number of hydrogen-bond donors (Lipinski definition) is 1. The standard InChI is InChI=1S/C15H19BrN2O2S/c1-3-15(4-2,11-16)18-21(19,20)14-7-5-6-12-10-17-9-8-13(12)14/h5-10,18H,3-4,11H2,1-2H3. The second-order valence-electron chi connectivity index (χ2n) is 5.08. The lowest BCUT2D eigenvalue weighted by Crippen LogP contribution is -2.48. The number of hydrogen-bond acceptors (Lipinski definition) is 3. The quantitative estimate of drug-likeness (QED) is 0.791. The first-order valence-corrected chi connectivity index (χ1v) is 9.51. The Balaban J connectivity index is 2.52. The maximum absolute atomic E-state index is 12.8. The van der Waals surface area contributed by atoms with Crippen LogP contribution in [0.25, 0.3) is 10.8 Å². The summed E-state index contributed by atoms with van der Waals surface area (Å²) in [5, 5.41) is 2.09. The number of rotatable bonds is 6. The number of aromatic nitrogens is 1. The van der Waals surface area contributed by atoms with Crippen LogP contribution in [0.15, 0.2) is 41.6 Å². The van der Waals surface area contributed by atoms with E-state index in [-0.39, 0.29) is 0 Å². The molecule has 0 aliphatic heterocycles. The van der Waals surface area contributed by atoms with E-state index < -0.39 is 15.6 Å². The van der Waals surface area contributed by atoms with Crippen LogP contribution in [0.1, 0.15) is 26.7 Å². The van der Waals surface area contributed by atoms with E-state index in [4.69, 9.17) is 0 Å². The molecule has 2 rings (SSSR count). The molecule has 1 heterocycles. The van der Waals surface area contributed by atoms with E-state index in [1.54, 1.807) is 30.6 Å². The molecule has 6 heteroatoms. The van der Waals surface area contributed by atoms with Gasteiger partial charge in [0.25, 0.3) is 0 Å². The molecule has 114 valence electrons. The molecule has 4 nitrogen and oxygen atoms in total. The Hall–Kier alpha value is -0.980. The molecule has 0 saturated carbocycles. The van der Waals surface area contributed by atoms with Crippen LogP contribution >= 0.6 is 15.9 Å². The summed E-state index contributed by atoms with van der Waals surface area (Å²) < 4.78 is 28.4. The van der Waals surface area contributed by atoms with Crippen LogP contribution in [-0.2, 0) is 10.0 Å². The van der Waals surface area contributed by atoms with E-state index in [9.17, 15) is 8.42 Å². The Morgan fingerprint density at radius 3 is 2.57 bits per heavy atom. The molecule has 2 aromatic rings. The number of benzene rings is 1. The van der Waals surface area contributed by atoms with E-state index in [0.717, 1.165) is 18.2 Å². The predicted molar refractivity (Wildman–Crippen MR) is 89.2 cm³/mol. The lowest BCUT2D eigenvalue weighted by molar-refractivity contribution is 0.399. The summed E-state index contributed by atoms with van der Waals surface area (Å²) in [6, 6.07) is 6.97. The van der Waals surface area contributed by atoms with E-state index in [1.807, 2.05) is 19.9 Å². The number of nitrogens with zero attached hydrogens (tertiary/aromatic N) is 1. The monoisotopic (exact) mass is 370 g/mol. The minimum Gasteiger partial charge on any atom is -0.264 e. The Kier molecular flexibility index (Phi) is 5.01. The van der Waals surface area contributed by atoms with E-state index in [2.05, 4.69) is 25.6 Å². The summed E-state index contributed by atoms with van der Waals surface area (Å²) in [6.45, 7) is 3.97. The van der Waals surface area contributed by atoms with Crippen molar-refractivity contribution >= 4 is 36.7 Å². The van der Waals surface area contributed by atoms with Crippen LogP contribution in [-0.4, -0.2) is 24.3 Å². The second-order valence-corrected chi connectivity index (χ2v) is 7.29. The fraction of sp³-hybridized carbons (Fsp3) is 0.400. The highest BCUT2D eigenvalue weighted by Gasteiger charge is 2.31. The molecule has 0 unspecified atom stereocenters. The van der Waals surface area contributed by atoms with Crippen LogP contribution in [0.2, 0.25) is 0 Å². The first kappa shape index (κ1) is 16.4. The Labute approximate surface area is 134 Å². The largest absolute Gasteiger partial charge is 0.264 e. The third-order valence-corrected chi connectivity index (χ3v) is 6.60. The zero-order valence-corrected chi connectivity index (χ0v) is 14.5. The van der Waals surface area contributed by atoms with Crippen molar-refractivity contribution in [1.82, 2.24) is 9.71 Å². The zero-order valence-electron chi connectivity index (χ0n) is 12.1. The molecule has 0 saturated heterocycles. The van der Waals surface area contributed by atoms with Crippen molar-refractivity contribution in [2.75, 3.05) is 5.33 Å². The molecular weight excluding hydrogens is 352 g/mol. The van der Waals surface area contributed by atoms with Gasteiger partial charge in [0.2, 0.25) is 10.0 Å². The summed E-state index contributed by atoms with van der Waals surface area (Å²) in [4.78, 5) is 4.34. The predicted octanol–water partition coefficient (Wildman–Crippen LogP) is 3.47. The van der Waals surface area contributed by atoms with Gasteiger partial charge in [0.1, 0.15) is 0 Å². The van der Waals surface area contributed by atoms with Crippen molar-refractivity contribution in [3.8, 4) is 0 Å². The number of fused-ring (bicyclic) bond motifs is 1. The molecule has 1 aromatic carbocycles. The van der Waals surface area contributed by atoms with Gasteiger partial charge >= 0.3 is 0 Å². The molecule has 1 aromatic heterocycles. The molecule has 0 atom stereocenters. The van der Waals surface area contributed by atoms with Crippen molar-refractivity contribution in [3.05, 3.63) is 36.7 Å². The van der Waals surface area contributed by atoms with Crippen LogP contribution in [0.3, 0.4) is 0 Å². The Morgan fingerprint density at radius 1 is 1.24 bits per heavy atom. The summed E-state index contributed by atoms with van der Waals surface area (Å²) in [5.74, 6) is 0. The highest BCUT2D eigenvalue weighted by Crippen LogP contribution is 2.26. The molecule has 0 bridgehead atoms. The van der Waals surface area contributed by atoms with Crippen molar-refractivity contribution in [2.45, 2.75) is 37.1 Å². The van der Waals surface area contributed by atoms with Crippen LogP contribution in [0.4, 0.5) is 0 Å². The van der Waals surface area contributed by atoms with Crippen LogP contribution in [0, 0.1) is 0 Å². The van der Waals surface area contributed by atoms with Crippen molar-refractivity contribution < 1.29 is 8.42 Å². The number of halogens is 1. The molecule has 0 amide bonds. The second kappa shape index (κ2) is 6.42. The summed E-state index contributed by atoms with van der Waals surface area (Å²) in [5.41, 5.74) is -0.464. The van der Waals surface area contributed by atoms with Gasteiger partial charge in [-0.05, 0) is 25.0 Å². The number of alkyl halides is 1. The highest BCUT2D eigenvalue weighted by atomic mass is 79.9. The van der Waals surface area contributed by atoms with Crippen LogP contribution < -0.4 is 4.72 Å². The van der Waals surface area contributed by atoms with Crippen molar-refractivity contribution in [1.29, 1.82) is 0 Å². The van der Waals surface area contributed by atoms with Gasteiger partial charge in [0.15, 0.2) is 0 Å². The maximum atomic E-state index is 12.8. The lowest BCUT2D eigenvalue weighted by Gasteiger charge is -2.30. The summed E-state index contributed by atoms with van der Waals surface area (Å²) in [6.07, 6.45) is 4.73. The SMILES string of the molecule is CCC(CC)(CBr)NS(=O)(=O)c1cccc2cnccc12. The lowest BCUT2D eigenvalue weighted by atomic mass is 9.97. The summed E-state index contributed by atoms with van der Waals surface area (Å²) >= 11 is 3.43. The minimum atomic E-state index is -3.59. The average Bonchev–Trinajstić information content (AvgIpc) is 2.52. The topological polar surface area (TPSA) is 59.1 Å². The third kappa shape index (κ3) is 3.27. The fourth-order valence-corrected chi connectivity index (χ4v) is 5.17. The van der Waals surface area contributed by atoms with E-state index >= 15 is 0 Å². The van der Waals surface area contributed by atoms with Crippen LogP contribution in [0.5, 0.6) is 0 Å². The molecule has 0 spiro atoms. The Morgan fingerprint density at radius 2 is 1.95 bits per heavy atom. The molecule has 0 radical (unpaired) electrons. The zero-order chi connectivity index (χ0) is 15.5. The number of sulfonamides is 1. The fourth-order valence-electron chi connectivity index (χ4n) is 2.28. The third-order valence-electron chi connectivity index (χ3n) is 3.89. The smallest absolute Gasteiger partial charge is 0.241 e. The molecule has 0 fully saturated rings. The van der Waals surface area contributed by atoms with E-state index in [1.165, 1.54) is 0 Å². The van der Waals surface area contributed by atoms with E-state index in [0.29, 0.717) is 15.6 Å². The number of nitrogens with one attached hydrogen (secondary N) is 1. The van der Waals surface area contributed by atoms with Gasteiger partial charge in [0.05, 0.1) is 4.90 Å². The molecular formula is C15H19BrN2O2S.